The van der Waals surface area contributed by atoms with Crippen molar-refractivity contribution in [1.29, 1.82) is 0 Å². The van der Waals surface area contributed by atoms with Crippen LogP contribution in [0.5, 0.6) is 0 Å². The first-order valence-corrected chi connectivity index (χ1v) is 15.7. The van der Waals surface area contributed by atoms with Crippen molar-refractivity contribution in [2.24, 2.45) is 23.7 Å². The molecule has 1 aliphatic heterocycles. The first-order chi connectivity index (χ1) is 22.2. The van der Waals surface area contributed by atoms with E-state index in [0.717, 1.165) is 0 Å². The quantitative estimate of drug-likeness (QED) is 0.147. The summed E-state index contributed by atoms with van der Waals surface area (Å²) in [6.45, 7) is 7.73. The molecular formula is C31H43N7O9. The topological polar surface area (TPSA) is 234 Å². The second kappa shape index (κ2) is 16.2. The Morgan fingerprint density at radius 1 is 0.979 bits per heavy atom. The molecule has 2 unspecified atom stereocenters. The fourth-order valence-electron chi connectivity index (χ4n) is 5.99. The molecule has 16 nitrogen and oxygen atoms in total. The zero-order valence-corrected chi connectivity index (χ0v) is 27.1. The van der Waals surface area contributed by atoms with Crippen LogP contribution in [0.25, 0.3) is 0 Å². The number of carboxylic acid groups (broad SMARTS) is 1. The molecule has 1 aromatic rings. The molecule has 2 aliphatic rings. The largest absolute Gasteiger partial charge is 0.480 e. The molecule has 1 saturated heterocycles. The Balaban J connectivity index is 1.83. The second-order valence-electron chi connectivity index (χ2n) is 12.5. The van der Waals surface area contributed by atoms with Crippen LogP contribution in [-0.4, -0.2) is 104 Å². The van der Waals surface area contributed by atoms with Crippen molar-refractivity contribution < 1.29 is 43.5 Å². The molecule has 3 rings (SSSR count). The third-order valence-electron chi connectivity index (χ3n) is 8.44. The molecule has 1 aromatic heterocycles. The summed E-state index contributed by atoms with van der Waals surface area (Å²) in [6.07, 6.45) is 5.01. The lowest BCUT2D eigenvalue weighted by molar-refractivity contribution is -0.145. The van der Waals surface area contributed by atoms with Gasteiger partial charge in [-0.2, -0.15) is 0 Å². The van der Waals surface area contributed by atoms with Crippen LogP contribution in [0.4, 0.5) is 0 Å². The highest BCUT2D eigenvalue weighted by atomic mass is 16.4. The van der Waals surface area contributed by atoms with Crippen LogP contribution in [0.2, 0.25) is 0 Å². The third kappa shape index (κ3) is 8.95. The van der Waals surface area contributed by atoms with E-state index >= 15 is 0 Å². The Hall–Kier alpha value is -4.76. The molecule has 1 aliphatic carbocycles. The van der Waals surface area contributed by atoms with Crippen LogP contribution in [0.3, 0.4) is 0 Å². The van der Waals surface area contributed by atoms with Crippen LogP contribution in [0, 0.1) is 23.7 Å². The number of ketones is 2. The fraction of sp³-hybridized carbons (Fsp3) is 0.613. The maximum Gasteiger partial charge on any atom is 0.322 e. The lowest BCUT2D eigenvalue weighted by atomic mass is 9.92. The zero-order valence-electron chi connectivity index (χ0n) is 27.1. The molecule has 0 spiro atoms. The van der Waals surface area contributed by atoms with Gasteiger partial charge in [0.25, 0.3) is 11.8 Å². The molecule has 1 saturated carbocycles. The minimum Gasteiger partial charge on any atom is -0.480 e. The zero-order chi connectivity index (χ0) is 35.0. The van der Waals surface area contributed by atoms with Crippen molar-refractivity contribution in [3.63, 3.8) is 0 Å². The number of fused-ring (bicyclic) bond motifs is 1. The third-order valence-corrected chi connectivity index (χ3v) is 8.44. The number of hydrogen-bond donors (Lipinski definition) is 5. The molecule has 5 amide bonds. The summed E-state index contributed by atoms with van der Waals surface area (Å²) in [7, 11) is 0. The van der Waals surface area contributed by atoms with Gasteiger partial charge >= 0.3 is 5.97 Å². The van der Waals surface area contributed by atoms with E-state index in [9.17, 15) is 38.4 Å². The van der Waals surface area contributed by atoms with E-state index in [2.05, 4.69) is 25.9 Å². The summed E-state index contributed by atoms with van der Waals surface area (Å²) in [5.74, 6) is -8.29. The Kier molecular flexibility index (Phi) is 12.6. The van der Waals surface area contributed by atoms with E-state index in [1.165, 1.54) is 23.5 Å². The van der Waals surface area contributed by atoms with Gasteiger partial charge in [0.1, 0.15) is 36.1 Å². The SMILES string of the molecule is CCCC(NC(=O)C1[C@H]2CCC(=O)[C@H]2CN1C(=O)[C@@H](NC(=O)[C@H](NC(=O)c1cnccn1)C(C)C)C(C)C)C(=O)C(=O)NCC(=O)O. The molecule has 2 fully saturated rings. The summed E-state index contributed by atoms with van der Waals surface area (Å²) in [5.41, 5.74) is 0.00351. The molecule has 2 heterocycles. The minimum absolute atomic E-state index is 0.00351. The Morgan fingerprint density at radius 2 is 1.66 bits per heavy atom. The number of amides is 5. The smallest absolute Gasteiger partial charge is 0.322 e. The number of carbonyl (C=O) groups is 8. The van der Waals surface area contributed by atoms with E-state index < -0.39 is 89.8 Å². The van der Waals surface area contributed by atoms with Crippen LogP contribution in [-0.2, 0) is 33.6 Å². The highest BCUT2D eigenvalue weighted by molar-refractivity contribution is 6.38. The minimum atomic E-state index is -1.35. The Bertz CT molecular complexity index is 1380. The van der Waals surface area contributed by atoms with Gasteiger partial charge in [0, 0.05) is 37.2 Å². The maximum absolute atomic E-state index is 14.1. The molecule has 0 bridgehead atoms. The molecule has 47 heavy (non-hydrogen) atoms. The monoisotopic (exact) mass is 657 g/mol. The molecule has 6 atom stereocenters. The van der Waals surface area contributed by atoms with E-state index in [1.807, 2.05) is 5.32 Å². The van der Waals surface area contributed by atoms with Gasteiger partial charge in [0.2, 0.25) is 23.5 Å². The predicted molar refractivity (Wildman–Crippen MR) is 164 cm³/mol. The Morgan fingerprint density at radius 3 is 2.23 bits per heavy atom. The summed E-state index contributed by atoms with van der Waals surface area (Å²) in [4.78, 5) is 112. The predicted octanol–water partition coefficient (Wildman–Crippen LogP) is -0.767. The summed E-state index contributed by atoms with van der Waals surface area (Å²) >= 11 is 0. The number of rotatable bonds is 15. The summed E-state index contributed by atoms with van der Waals surface area (Å²) < 4.78 is 0. The molecule has 5 N–H and O–H groups in total. The van der Waals surface area contributed by atoms with Gasteiger partial charge < -0.3 is 31.3 Å². The molecule has 0 aromatic carbocycles. The van der Waals surface area contributed by atoms with E-state index in [0.29, 0.717) is 12.8 Å². The van der Waals surface area contributed by atoms with Crippen molar-refractivity contribution in [2.75, 3.05) is 13.1 Å². The highest BCUT2D eigenvalue weighted by Gasteiger charge is 2.54. The van der Waals surface area contributed by atoms with Crippen LogP contribution >= 0.6 is 0 Å². The van der Waals surface area contributed by atoms with Gasteiger partial charge in [0.05, 0.1) is 12.2 Å². The maximum atomic E-state index is 14.1. The lowest BCUT2D eigenvalue weighted by Crippen LogP contribution is -2.60. The number of likely N-dealkylation sites (tertiary alicyclic amines) is 1. The van der Waals surface area contributed by atoms with Gasteiger partial charge in [0.15, 0.2) is 0 Å². The number of nitrogens with one attached hydrogen (secondary N) is 4. The highest BCUT2D eigenvalue weighted by Crippen LogP contribution is 2.41. The van der Waals surface area contributed by atoms with E-state index in [1.54, 1.807) is 34.6 Å². The normalized spacial score (nSPS) is 20.6. The number of aromatic nitrogens is 2. The number of carbonyl (C=O) groups excluding carboxylic acids is 7. The summed E-state index contributed by atoms with van der Waals surface area (Å²) in [6, 6.07) is -4.65. The number of nitrogens with zero attached hydrogens (tertiary/aromatic N) is 3. The average Bonchev–Trinajstić information content (AvgIpc) is 3.59. The van der Waals surface area contributed by atoms with Gasteiger partial charge in [-0.1, -0.05) is 41.0 Å². The molecular weight excluding hydrogens is 614 g/mol. The van der Waals surface area contributed by atoms with Gasteiger partial charge in [-0.25, -0.2) is 4.98 Å². The first kappa shape index (κ1) is 36.7. The van der Waals surface area contributed by atoms with Crippen molar-refractivity contribution in [3.8, 4) is 0 Å². The number of hydrogen-bond acceptors (Lipinski definition) is 10. The lowest BCUT2D eigenvalue weighted by Gasteiger charge is -2.33. The average molecular weight is 658 g/mol. The first-order valence-electron chi connectivity index (χ1n) is 15.7. The van der Waals surface area contributed by atoms with E-state index in [4.69, 9.17) is 5.11 Å². The molecule has 0 radical (unpaired) electrons. The van der Waals surface area contributed by atoms with Crippen molar-refractivity contribution >= 4 is 47.1 Å². The Labute approximate surface area is 272 Å². The number of aliphatic carboxylic acids is 1. The van der Waals surface area contributed by atoms with Crippen molar-refractivity contribution in [3.05, 3.63) is 24.3 Å². The van der Waals surface area contributed by atoms with Crippen molar-refractivity contribution in [2.45, 2.75) is 84.5 Å². The fourth-order valence-corrected chi connectivity index (χ4v) is 5.99. The second-order valence-corrected chi connectivity index (χ2v) is 12.5. The van der Waals surface area contributed by atoms with E-state index in [-0.39, 0.29) is 36.8 Å². The molecule has 256 valence electrons. The standard InChI is InChI=1S/C31H43N7O9/c1-6-7-19(26(42)30(46)34-13-22(40)41)35-29(45)25-17-8-9-21(39)18(17)14-38(25)31(47)24(16(4)5)37-28(44)23(15(2)3)36-27(43)20-12-32-10-11-33-20/h10-12,15-19,23-25H,6-9,13-14H2,1-5H3,(H,34,46)(H,35,45)(H,36,43)(H,37,44)(H,40,41)/t17-,18-,19?,23+,24-,25?/m0/s1. The van der Waals surface area contributed by atoms with Gasteiger partial charge in [-0.05, 0) is 24.7 Å². The van der Waals surface area contributed by atoms with Gasteiger partial charge in [-0.15, -0.1) is 0 Å². The van der Waals surface area contributed by atoms with Crippen LogP contribution < -0.4 is 21.3 Å². The van der Waals surface area contributed by atoms with Gasteiger partial charge in [-0.3, -0.25) is 43.3 Å². The summed E-state index contributed by atoms with van der Waals surface area (Å²) in [5, 5.41) is 18.8. The number of carboxylic acids is 1. The van der Waals surface area contributed by atoms with Crippen LogP contribution in [0.15, 0.2) is 18.6 Å². The van der Waals surface area contributed by atoms with Crippen molar-refractivity contribution in [1.82, 2.24) is 36.1 Å². The number of Topliss-reactive ketones (excluding diaryl/α,β-unsaturated/α-hetero) is 2. The molecule has 16 heteroatoms. The van der Waals surface area contributed by atoms with Crippen LogP contribution in [0.1, 0.15) is 70.8 Å².